The molecule has 0 fully saturated rings. The Hall–Kier alpha value is -2.63. The molecule has 0 aliphatic heterocycles. The lowest BCUT2D eigenvalue weighted by Gasteiger charge is -2.11. The lowest BCUT2D eigenvalue weighted by molar-refractivity contribution is 0.215. The van der Waals surface area contributed by atoms with Crippen LogP contribution in [0.1, 0.15) is 19.7 Å². The number of para-hydroxylation sites is 1. The highest BCUT2D eigenvalue weighted by Crippen LogP contribution is 2.28. The normalized spacial score (nSPS) is 12.0. The first-order chi connectivity index (χ1) is 10.6. The molecule has 1 aromatic carbocycles. The second kappa shape index (κ2) is 5.63. The number of hydrogen-bond acceptors (Lipinski definition) is 5. The number of benzene rings is 1. The second-order valence-corrected chi connectivity index (χ2v) is 5.60. The third kappa shape index (κ3) is 2.36. The van der Waals surface area contributed by atoms with E-state index in [1.807, 2.05) is 24.3 Å². The fourth-order valence-corrected chi connectivity index (χ4v) is 2.62. The molecule has 22 heavy (non-hydrogen) atoms. The third-order valence-electron chi connectivity index (χ3n) is 3.46. The van der Waals surface area contributed by atoms with Gasteiger partial charge < -0.3 is 15.1 Å². The Labute approximate surface area is 128 Å². The summed E-state index contributed by atoms with van der Waals surface area (Å²) in [6.45, 7) is 5.14. The topological polar surface area (TPSA) is 78.3 Å². The lowest BCUT2D eigenvalue weighted by Crippen LogP contribution is -2.08. The summed E-state index contributed by atoms with van der Waals surface area (Å²) in [6, 6.07) is 7.95. The first-order valence-electron chi connectivity index (χ1n) is 7.22. The van der Waals surface area contributed by atoms with E-state index in [1.165, 1.54) is 7.11 Å². The standard InChI is InChI=1S/C16H19N5O/c1-10(2)9-21-13(8-18-22-3)20-14-15(21)11-6-4-5-7-12(11)19-16(14)17/h4-8,10H,9H2,1-3H3,(H2,17,19)/b18-8+. The van der Waals surface area contributed by atoms with Crippen LogP contribution < -0.4 is 5.73 Å². The summed E-state index contributed by atoms with van der Waals surface area (Å²) >= 11 is 0. The van der Waals surface area contributed by atoms with Gasteiger partial charge in [-0.3, -0.25) is 0 Å². The largest absolute Gasteiger partial charge is 0.399 e. The number of anilines is 1. The van der Waals surface area contributed by atoms with Crippen molar-refractivity contribution in [2.75, 3.05) is 12.8 Å². The molecule has 0 bridgehead atoms. The van der Waals surface area contributed by atoms with Gasteiger partial charge in [0.15, 0.2) is 11.6 Å². The molecule has 114 valence electrons. The van der Waals surface area contributed by atoms with Gasteiger partial charge in [-0.2, -0.15) is 0 Å². The molecule has 3 aromatic rings. The van der Waals surface area contributed by atoms with Crippen molar-refractivity contribution in [3.63, 3.8) is 0 Å². The van der Waals surface area contributed by atoms with E-state index < -0.39 is 0 Å². The quantitative estimate of drug-likeness (QED) is 0.593. The average Bonchev–Trinajstić information content (AvgIpc) is 2.84. The Morgan fingerprint density at radius 1 is 1.32 bits per heavy atom. The van der Waals surface area contributed by atoms with Crippen molar-refractivity contribution in [2.24, 2.45) is 11.1 Å². The molecule has 0 atom stereocenters. The SMILES string of the molecule is CO/N=C/c1nc2c(N)nc3ccccc3c2n1CC(C)C. The minimum absolute atomic E-state index is 0.434. The Morgan fingerprint density at radius 3 is 2.82 bits per heavy atom. The van der Waals surface area contributed by atoms with Gasteiger partial charge in [0.2, 0.25) is 0 Å². The van der Waals surface area contributed by atoms with Gasteiger partial charge in [-0.05, 0) is 12.0 Å². The Morgan fingerprint density at radius 2 is 2.09 bits per heavy atom. The smallest absolute Gasteiger partial charge is 0.155 e. The molecule has 0 radical (unpaired) electrons. The predicted octanol–water partition coefficient (Wildman–Crippen LogP) is 2.80. The Bertz CT molecular complexity index is 850. The maximum atomic E-state index is 6.10. The number of aromatic nitrogens is 3. The number of fused-ring (bicyclic) bond motifs is 3. The van der Waals surface area contributed by atoms with Crippen LogP contribution in [-0.2, 0) is 11.4 Å². The molecule has 0 spiro atoms. The van der Waals surface area contributed by atoms with Crippen molar-refractivity contribution >= 4 is 34.0 Å². The van der Waals surface area contributed by atoms with Gasteiger partial charge in [-0.1, -0.05) is 37.2 Å². The van der Waals surface area contributed by atoms with E-state index in [0.29, 0.717) is 17.3 Å². The molecule has 2 N–H and O–H groups in total. The van der Waals surface area contributed by atoms with Crippen LogP contribution in [-0.4, -0.2) is 27.9 Å². The van der Waals surface area contributed by atoms with Gasteiger partial charge >= 0.3 is 0 Å². The average molecular weight is 297 g/mol. The van der Waals surface area contributed by atoms with Crippen LogP contribution >= 0.6 is 0 Å². The molecular formula is C16H19N5O. The van der Waals surface area contributed by atoms with Gasteiger partial charge in [-0.15, -0.1) is 0 Å². The number of pyridine rings is 1. The van der Waals surface area contributed by atoms with Crippen LogP contribution in [0.4, 0.5) is 5.82 Å². The van der Waals surface area contributed by atoms with Crippen molar-refractivity contribution in [1.29, 1.82) is 0 Å². The van der Waals surface area contributed by atoms with Gasteiger partial charge in [0.05, 0.1) is 11.0 Å². The molecule has 0 saturated carbocycles. The van der Waals surface area contributed by atoms with Gasteiger partial charge in [0.25, 0.3) is 0 Å². The van der Waals surface area contributed by atoms with E-state index in [-0.39, 0.29) is 0 Å². The van der Waals surface area contributed by atoms with Crippen LogP contribution in [0.25, 0.3) is 21.9 Å². The monoisotopic (exact) mass is 297 g/mol. The van der Waals surface area contributed by atoms with Crippen LogP contribution in [0.15, 0.2) is 29.4 Å². The number of nitrogens with two attached hydrogens (primary N) is 1. The molecule has 0 aliphatic carbocycles. The Kier molecular flexibility index (Phi) is 3.66. The lowest BCUT2D eigenvalue weighted by atomic mass is 10.1. The van der Waals surface area contributed by atoms with Gasteiger partial charge in [-0.25, -0.2) is 9.97 Å². The number of hydrogen-bond donors (Lipinski definition) is 1. The number of nitrogen functional groups attached to an aromatic ring is 1. The van der Waals surface area contributed by atoms with E-state index in [4.69, 9.17) is 10.6 Å². The first kappa shape index (κ1) is 14.3. The highest BCUT2D eigenvalue weighted by atomic mass is 16.6. The molecule has 0 amide bonds. The van der Waals surface area contributed by atoms with Crippen LogP contribution in [0.5, 0.6) is 0 Å². The minimum atomic E-state index is 0.434. The molecule has 6 nitrogen and oxygen atoms in total. The van der Waals surface area contributed by atoms with E-state index in [0.717, 1.165) is 28.8 Å². The summed E-state index contributed by atoms with van der Waals surface area (Å²) in [5, 5.41) is 4.88. The zero-order chi connectivity index (χ0) is 15.7. The van der Waals surface area contributed by atoms with Crippen LogP contribution in [0.3, 0.4) is 0 Å². The number of nitrogens with zero attached hydrogens (tertiary/aromatic N) is 4. The molecule has 0 aliphatic rings. The first-order valence-corrected chi connectivity index (χ1v) is 7.22. The summed E-state index contributed by atoms with van der Waals surface area (Å²) in [4.78, 5) is 13.8. The van der Waals surface area contributed by atoms with E-state index >= 15 is 0 Å². The molecular weight excluding hydrogens is 278 g/mol. The molecule has 2 heterocycles. The second-order valence-electron chi connectivity index (χ2n) is 5.60. The van der Waals surface area contributed by atoms with E-state index in [9.17, 15) is 0 Å². The number of oxime groups is 1. The highest BCUT2D eigenvalue weighted by Gasteiger charge is 2.17. The van der Waals surface area contributed by atoms with Crippen LogP contribution in [0.2, 0.25) is 0 Å². The zero-order valence-corrected chi connectivity index (χ0v) is 12.9. The fraction of sp³-hybridized carbons (Fsp3) is 0.312. The molecule has 0 unspecified atom stereocenters. The summed E-state index contributed by atoms with van der Waals surface area (Å²) < 4.78 is 2.13. The van der Waals surface area contributed by atoms with Crippen molar-refractivity contribution in [1.82, 2.24) is 14.5 Å². The van der Waals surface area contributed by atoms with Crippen molar-refractivity contribution in [3.8, 4) is 0 Å². The third-order valence-corrected chi connectivity index (χ3v) is 3.46. The summed E-state index contributed by atoms with van der Waals surface area (Å²) in [7, 11) is 1.51. The molecule has 2 aromatic heterocycles. The molecule has 3 rings (SSSR count). The van der Waals surface area contributed by atoms with Crippen molar-refractivity contribution in [3.05, 3.63) is 30.1 Å². The summed E-state index contributed by atoms with van der Waals surface area (Å²) in [6.07, 6.45) is 1.61. The molecule has 0 saturated heterocycles. The maximum Gasteiger partial charge on any atom is 0.155 e. The zero-order valence-electron chi connectivity index (χ0n) is 12.9. The number of rotatable bonds is 4. The fourth-order valence-electron chi connectivity index (χ4n) is 2.62. The van der Waals surface area contributed by atoms with Gasteiger partial charge in [0, 0.05) is 11.9 Å². The predicted molar refractivity (Wildman–Crippen MR) is 88.9 cm³/mol. The van der Waals surface area contributed by atoms with E-state index in [1.54, 1.807) is 6.21 Å². The van der Waals surface area contributed by atoms with Crippen molar-refractivity contribution in [2.45, 2.75) is 20.4 Å². The molecule has 6 heteroatoms. The van der Waals surface area contributed by atoms with Gasteiger partial charge in [0.1, 0.15) is 18.8 Å². The maximum absolute atomic E-state index is 6.10. The van der Waals surface area contributed by atoms with Crippen molar-refractivity contribution < 1.29 is 4.84 Å². The summed E-state index contributed by atoms with van der Waals surface area (Å²) in [5.41, 5.74) is 8.67. The Balaban J connectivity index is 2.39. The highest BCUT2D eigenvalue weighted by molar-refractivity contribution is 6.07. The van der Waals surface area contributed by atoms with E-state index in [2.05, 4.69) is 33.5 Å². The summed E-state index contributed by atoms with van der Waals surface area (Å²) in [5.74, 6) is 1.61. The number of imidazole rings is 1. The minimum Gasteiger partial charge on any atom is -0.399 e. The van der Waals surface area contributed by atoms with Crippen LogP contribution in [0, 0.1) is 5.92 Å².